The van der Waals surface area contributed by atoms with Gasteiger partial charge in [0.1, 0.15) is 6.54 Å². The van der Waals surface area contributed by atoms with Gasteiger partial charge in [0.25, 0.3) is 5.91 Å². The Morgan fingerprint density at radius 3 is 2.80 bits per heavy atom. The first-order valence-electron chi connectivity index (χ1n) is 6.21. The molecular weight excluding hydrogens is 276 g/mol. The summed E-state index contributed by atoms with van der Waals surface area (Å²) < 4.78 is 5.82. The molecule has 1 aromatic heterocycles. The predicted octanol–water partition coefficient (Wildman–Crippen LogP) is 2.12. The number of nitrogen functional groups attached to an aromatic ring is 1. The Morgan fingerprint density at radius 1 is 1.35 bits per heavy atom. The number of likely N-dealkylation sites (N-methyl/N-ethyl adjacent to an activating group) is 1. The van der Waals surface area contributed by atoms with Gasteiger partial charge in [0.15, 0.2) is 0 Å². The molecule has 1 aromatic carbocycles. The molecule has 0 saturated carbocycles. The number of nitrogens with zero attached hydrogens (tertiary/aromatic N) is 1. The molecule has 0 aliphatic rings. The molecule has 0 atom stereocenters. The fourth-order valence-electron chi connectivity index (χ4n) is 1.83. The maximum absolute atomic E-state index is 12.2. The van der Waals surface area contributed by atoms with Crippen LogP contribution in [-0.4, -0.2) is 37.0 Å². The Morgan fingerprint density at radius 2 is 2.10 bits per heavy atom. The third-order valence-corrected chi connectivity index (χ3v) is 3.87. The Labute approximate surface area is 120 Å². The second kappa shape index (κ2) is 5.92. The molecule has 0 unspecified atom stereocenters. The molecule has 1 amide bonds. The van der Waals surface area contributed by atoms with Crippen LogP contribution in [0, 0.1) is 0 Å². The van der Waals surface area contributed by atoms with Crippen molar-refractivity contribution in [1.29, 1.82) is 0 Å². The van der Waals surface area contributed by atoms with E-state index in [9.17, 15) is 9.59 Å². The van der Waals surface area contributed by atoms with Crippen molar-refractivity contribution in [3.05, 3.63) is 29.1 Å². The summed E-state index contributed by atoms with van der Waals surface area (Å²) in [4.78, 5) is 25.5. The summed E-state index contributed by atoms with van der Waals surface area (Å²) in [5.74, 6) is -0.605. The first-order chi connectivity index (χ1) is 9.51. The van der Waals surface area contributed by atoms with Crippen molar-refractivity contribution >= 4 is 39.0 Å². The molecular formula is C14H16N2O3S. The second-order valence-corrected chi connectivity index (χ2v) is 5.46. The monoisotopic (exact) mass is 292 g/mol. The molecule has 0 aliphatic carbocycles. The summed E-state index contributed by atoms with van der Waals surface area (Å²) in [5, 5.41) is 0.933. The highest BCUT2D eigenvalue weighted by Gasteiger charge is 2.17. The molecule has 6 heteroatoms. The molecule has 0 aliphatic heterocycles. The summed E-state index contributed by atoms with van der Waals surface area (Å²) in [7, 11) is 1.58. The number of anilines is 1. The summed E-state index contributed by atoms with van der Waals surface area (Å²) in [6, 6.07) is 7.31. The number of carbonyl (C=O) groups is 2. The summed E-state index contributed by atoms with van der Waals surface area (Å²) in [5.41, 5.74) is 6.38. The molecule has 0 radical (unpaired) electrons. The smallest absolute Gasteiger partial charge is 0.325 e. The Kier molecular flexibility index (Phi) is 4.24. The normalized spacial score (nSPS) is 10.5. The van der Waals surface area contributed by atoms with E-state index >= 15 is 0 Å². The molecule has 0 saturated heterocycles. The first-order valence-corrected chi connectivity index (χ1v) is 7.03. The first kappa shape index (κ1) is 14.3. The van der Waals surface area contributed by atoms with E-state index in [1.54, 1.807) is 26.1 Å². The fourth-order valence-corrected chi connectivity index (χ4v) is 2.87. The zero-order valence-electron chi connectivity index (χ0n) is 11.4. The van der Waals surface area contributed by atoms with Crippen LogP contribution in [0.5, 0.6) is 0 Å². The highest BCUT2D eigenvalue weighted by atomic mass is 32.1. The van der Waals surface area contributed by atoms with Crippen molar-refractivity contribution in [3.8, 4) is 0 Å². The van der Waals surface area contributed by atoms with E-state index in [-0.39, 0.29) is 12.5 Å². The summed E-state index contributed by atoms with van der Waals surface area (Å²) in [6.45, 7) is 1.99. The maximum Gasteiger partial charge on any atom is 0.325 e. The second-order valence-electron chi connectivity index (χ2n) is 4.37. The van der Waals surface area contributed by atoms with Crippen molar-refractivity contribution in [1.82, 2.24) is 4.90 Å². The quantitative estimate of drug-likeness (QED) is 0.692. The van der Waals surface area contributed by atoms with Gasteiger partial charge in [0.05, 0.1) is 11.5 Å². The average molecular weight is 292 g/mol. The largest absolute Gasteiger partial charge is 0.465 e. The van der Waals surface area contributed by atoms with Gasteiger partial charge in [-0.05, 0) is 36.6 Å². The van der Waals surface area contributed by atoms with Crippen molar-refractivity contribution in [2.45, 2.75) is 6.92 Å². The van der Waals surface area contributed by atoms with Crippen LogP contribution < -0.4 is 5.73 Å². The number of benzene rings is 1. The Balaban J connectivity index is 2.16. The number of carbonyl (C=O) groups excluding carboxylic acids is 2. The van der Waals surface area contributed by atoms with Crippen LogP contribution in [0.3, 0.4) is 0 Å². The Bertz CT molecular complexity index is 651. The molecule has 5 nitrogen and oxygen atoms in total. The molecule has 0 fully saturated rings. The van der Waals surface area contributed by atoms with Gasteiger partial charge in [-0.2, -0.15) is 0 Å². The van der Waals surface area contributed by atoms with Gasteiger partial charge in [-0.25, -0.2) is 0 Å². The van der Waals surface area contributed by atoms with Crippen LogP contribution in [0.4, 0.5) is 5.69 Å². The van der Waals surface area contributed by atoms with E-state index in [0.717, 1.165) is 10.1 Å². The highest BCUT2D eigenvalue weighted by Crippen LogP contribution is 2.27. The van der Waals surface area contributed by atoms with Crippen LogP contribution in [-0.2, 0) is 9.53 Å². The van der Waals surface area contributed by atoms with Gasteiger partial charge in [0.2, 0.25) is 0 Å². The van der Waals surface area contributed by atoms with Gasteiger partial charge < -0.3 is 15.4 Å². The Hall–Kier alpha value is -2.08. The van der Waals surface area contributed by atoms with Gasteiger partial charge in [-0.15, -0.1) is 11.3 Å². The highest BCUT2D eigenvalue weighted by molar-refractivity contribution is 7.20. The SMILES string of the molecule is CCOC(=O)CN(C)C(=O)c1cc2cc(N)ccc2s1. The molecule has 0 bridgehead atoms. The van der Waals surface area contributed by atoms with Crippen molar-refractivity contribution in [3.63, 3.8) is 0 Å². The van der Waals surface area contributed by atoms with Crippen LogP contribution in [0.25, 0.3) is 10.1 Å². The number of esters is 1. The minimum Gasteiger partial charge on any atom is -0.465 e. The number of ether oxygens (including phenoxy) is 1. The molecule has 0 spiro atoms. The van der Waals surface area contributed by atoms with Gasteiger partial charge in [-0.1, -0.05) is 0 Å². The number of hydrogen-bond donors (Lipinski definition) is 1. The molecule has 2 N–H and O–H groups in total. The number of amides is 1. The van der Waals surface area contributed by atoms with Crippen molar-refractivity contribution in [2.75, 3.05) is 25.9 Å². The lowest BCUT2D eigenvalue weighted by Crippen LogP contribution is -2.32. The van der Waals surface area contributed by atoms with Gasteiger partial charge >= 0.3 is 5.97 Å². The van der Waals surface area contributed by atoms with E-state index in [2.05, 4.69) is 0 Å². The van der Waals surface area contributed by atoms with E-state index in [4.69, 9.17) is 10.5 Å². The van der Waals surface area contributed by atoms with Crippen LogP contribution in [0.2, 0.25) is 0 Å². The van der Waals surface area contributed by atoms with Crippen molar-refractivity contribution in [2.24, 2.45) is 0 Å². The molecule has 1 heterocycles. The van der Waals surface area contributed by atoms with E-state index in [0.29, 0.717) is 17.2 Å². The lowest BCUT2D eigenvalue weighted by molar-refractivity contribution is -0.143. The number of thiophene rings is 1. The third-order valence-electron chi connectivity index (χ3n) is 2.77. The number of rotatable bonds is 4. The molecule has 2 rings (SSSR count). The molecule has 2 aromatic rings. The van der Waals surface area contributed by atoms with Crippen LogP contribution >= 0.6 is 11.3 Å². The van der Waals surface area contributed by atoms with Crippen LogP contribution in [0.15, 0.2) is 24.3 Å². The van der Waals surface area contributed by atoms with Crippen molar-refractivity contribution < 1.29 is 14.3 Å². The van der Waals surface area contributed by atoms with E-state index < -0.39 is 5.97 Å². The maximum atomic E-state index is 12.2. The minimum absolute atomic E-state index is 0.0525. The van der Waals surface area contributed by atoms with E-state index in [1.807, 2.05) is 12.1 Å². The zero-order valence-corrected chi connectivity index (χ0v) is 12.2. The number of fused-ring (bicyclic) bond motifs is 1. The summed E-state index contributed by atoms with van der Waals surface area (Å²) in [6.07, 6.45) is 0. The number of hydrogen-bond acceptors (Lipinski definition) is 5. The molecule has 20 heavy (non-hydrogen) atoms. The molecule has 106 valence electrons. The predicted molar refractivity (Wildman–Crippen MR) is 79.8 cm³/mol. The lowest BCUT2D eigenvalue weighted by Gasteiger charge is -2.14. The van der Waals surface area contributed by atoms with E-state index in [1.165, 1.54) is 16.2 Å². The number of nitrogens with two attached hydrogens (primary N) is 1. The third kappa shape index (κ3) is 3.08. The topological polar surface area (TPSA) is 72.6 Å². The average Bonchev–Trinajstić information content (AvgIpc) is 2.80. The lowest BCUT2D eigenvalue weighted by atomic mass is 10.2. The van der Waals surface area contributed by atoms with Gasteiger partial charge in [0, 0.05) is 17.4 Å². The zero-order chi connectivity index (χ0) is 14.7. The summed E-state index contributed by atoms with van der Waals surface area (Å²) >= 11 is 1.38. The fraction of sp³-hybridized carbons (Fsp3) is 0.286. The van der Waals surface area contributed by atoms with Crippen LogP contribution in [0.1, 0.15) is 16.6 Å². The van der Waals surface area contributed by atoms with Gasteiger partial charge in [-0.3, -0.25) is 9.59 Å². The standard InChI is InChI=1S/C14H16N2O3S/c1-3-19-13(17)8-16(2)14(18)12-7-9-6-10(15)4-5-11(9)20-12/h4-7H,3,8,15H2,1-2H3. The minimum atomic E-state index is -0.409.